The molecule has 0 aliphatic heterocycles. The minimum atomic E-state index is -3.82. The molecule has 1 amide bonds. The fraction of sp³-hybridized carbons (Fsp3) is 0.300. The molecule has 10 heteroatoms. The highest BCUT2D eigenvalue weighted by Crippen LogP contribution is 2.24. The Morgan fingerprint density at radius 3 is 2.27 bits per heavy atom. The number of carbonyl (C=O) groups excluding carboxylic acids is 1. The van der Waals surface area contributed by atoms with E-state index in [2.05, 4.69) is 5.32 Å². The summed E-state index contributed by atoms with van der Waals surface area (Å²) >= 11 is 0. The maximum Gasteiger partial charge on any atom is 0.328 e. The van der Waals surface area contributed by atoms with Gasteiger partial charge in [0, 0.05) is 19.8 Å². The van der Waals surface area contributed by atoms with Crippen molar-refractivity contribution in [2.45, 2.75) is 19.4 Å². The molecule has 1 atom stereocenters. The molecule has 0 radical (unpaired) electrons. The van der Waals surface area contributed by atoms with E-state index in [9.17, 15) is 22.4 Å². The highest BCUT2D eigenvalue weighted by atomic mass is 32.2. The van der Waals surface area contributed by atoms with Gasteiger partial charge in [0.25, 0.3) is 0 Å². The number of sulfonamides is 1. The molecule has 160 valence electrons. The summed E-state index contributed by atoms with van der Waals surface area (Å²) in [6.07, 6.45) is 1.19. The van der Waals surface area contributed by atoms with E-state index >= 15 is 0 Å². The Bertz CT molecular complexity index is 1260. The van der Waals surface area contributed by atoms with Gasteiger partial charge in [0.2, 0.25) is 15.9 Å². The topological polar surface area (TPSA) is 93.4 Å². The molecule has 30 heavy (non-hydrogen) atoms. The van der Waals surface area contributed by atoms with Crippen LogP contribution in [0.2, 0.25) is 0 Å². The summed E-state index contributed by atoms with van der Waals surface area (Å²) in [4.78, 5) is 25.1. The molecule has 3 rings (SSSR count). The first-order chi connectivity index (χ1) is 14.0. The molecule has 0 aliphatic carbocycles. The minimum Gasteiger partial charge on any atom is -0.324 e. The van der Waals surface area contributed by atoms with Gasteiger partial charge in [-0.15, -0.1) is 0 Å². The number of nitrogens with one attached hydrogen (secondary N) is 1. The third-order valence-corrected chi connectivity index (χ3v) is 6.13. The van der Waals surface area contributed by atoms with Gasteiger partial charge in [-0.05, 0) is 48.9 Å². The number of amides is 1. The maximum absolute atomic E-state index is 13.3. The Balaban J connectivity index is 1.96. The lowest BCUT2D eigenvalue weighted by molar-refractivity contribution is -0.117. The van der Waals surface area contributed by atoms with Crippen LogP contribution in [0.1, 0.15) is 13.3 Å². The standard InChI is InChI=1S/C20H23FN4O4S/c1-5-16(25(30(4,28)29)15-9-6-13(21)7-10-15)19(26)22-14-8-11-17-18(12-14)24(3)20(27)23(17)2/h6-12,16H,5H2,1-4H3,(H,22,26)/t16-/m0/s1. The smallest absolute Gasteiger partial charge is 0.324 e. The van der Waals surface area contributed by atoms with Crippen LogP contribution in [-0.4, -0.2) is 35.8 Å². The van der Waals surface area contributed by atoms with E-state index in [4.69, 9.17) is 0 Å². The number of rotatable bonds is 6. The second-order valence-electron chi connectivity index (χ2n) is 7.05. The monoisotopic (exact) mass is 434 g/mol. The van der Waals surface area contributed by atoms with Gasteiger partial charge >= 0.3 is 5.69 Å². The number of halogens is 1. The van der Waals surface area contributed by atoms with Crippen molar-refractivity contribution in [1.29, 1.82) is 0 Å². The van der Waals surface area contributed by atoms with Crippen LogP contribution < -0.4 is 15.3 Å². The molecule has 1 aromatic heterocycles. The molecule has 3 aromatic rings. The van der Waals surface area contributed by atoms with E-state index < -0.39 is 27.8 Å². The van der Waals surface area contributed by atoms with Crippen LogP contribution in [0.15, 0.2) is 47.3 Å². The van der Waals surface area contributed by atoms with Gasteiger partial charge < -0.3 is 5.32 Å². The molecule has 0 bridgehead atoms. The zero-order valence-corrected chi connectivity index (χ0v) is 17.9. The summed E-state index contributed by atoms with van der Waals surface area (Å²) in [5, 5.41) is 2.73. The van der Waals surface area contributed by atoms with Gasteiger partial charge in [0.1, 0.15) is 11.9 Å². The molecule has 0 fully saturated rings. The van der Waals surface area contributed by atoms with Gasteiger partial charge in [-0.2, -0.15) is 0 Å². The maximum atomic E-state index is 13.3. The number of carbonyl (C=O) groups is 1. The van der Waals surface area contributed by atoms with Gasteiger partial charge in [0.05, 0.1) is 23.0 Å². The number of imidazole rings is 1. The fourth-order valence-corrected chi connectivity index (χ4v) is 4.67. The summed E-state index contributed by atoms with van der Waals surface area (Å²) in [6.45, 7) is 1.69. The minimum absolute atomic E-state index is 0.195. The highest BCUT2D eigenvalue weighted by Gasteiger charge is 2.31. The van der Waals surface area contributed by atoms with E-state index in [1.807, 2.05) is 0 Å². The average molecular weight is 434 g/mol. The molecular weight excluding hydrogens is 411 g/mol. The van der Waals surface area contributed by atoms with Crippen molar-refractivity contribution in [2.75, 3.05) is 15.9 Å². The Morgan fingerprint density at radius 1 is 1.10 bits per heavy atom. The largest absolute Gasteiger partial charge is 0.328 e. The predicted molar refractivity (Wildman–Crippen MR) is 115 cm³/mol. The molecular formula is C20H23FN4O4S. The molecule has 0 aliphatic rings. The molecule has 0 saturated carbocycles. The SMILES string of the molecule is CC[C@@H](C(=O)Nc1ccc2c(c1)n(C)c(=O)n2C)N(c1ccc(F)cc1)S(C)(=O)=O. The van der Waals surface area contributed by atoms with Crippen molar-refractivity contribution < 1.29 is 17.6 Å². The van der Waals surface area contributed by atoms with Crippen molar-refractivity contribution in [2.24, 2.45) is 14.1 Å². The second kappa shape index (κ2) is 7.94. The number of hydrogen-bond donors (Lipinski definition) is 1. The fourth-order valence-electron chi connectivity index (χ4n) is 3.46. The normalized spacial score (nSPS) is 12.7. The molecule has 1 heterocycles. The van der Waals surface area contributed by atoms with Gasteiger partial charge in [-0.25, -0.2) is 17.6 Å². The van der Waals surface area contributed by atoms with Crippen LogP contribution in [0, 0.1) is 5.82 Å². The van der Waals surface area contributed by atoms with E-state index in [1.165, 1.54) is 21.3 Å². The lowest BCUT2D eigenvalue weighted by atomic mass is 10.1. The lowest BCUT2D eigenvalue weighted by Gasteiger charge is -2.30. The number of nitrogens with zero attached hydrogens (tertiary/aromatic N) is 3. The summed E-state index contributed by atoms with van der Waals surface area (Å²) in [5.74, 6) is -1.04. The van der Waals surface area contributed by atoms with Gasteiger partial charge in [-0.3, -0.25) is 18.2 Å². The highest BCUT2D eigenvalue weighted by molar-refractivity contribution is 7.92. The van der Waals surface area contributed by atoms with E-state index in [-0.39, 0.29) is 17.8 Å². The Labute approximate surface area is 173 Å². The Kier molecular flexibility index (Phi) is 5.71. The van der Waals surface area contributed by atoms with Crippen molar-refractivity contribution in [3.8, 4) is 0 Å². The summed E-state index contributed by atoms with van der Waals surface area (Å²) in [7, 11) is -0.536. The van der Waals surface area contributed by atoms with Crippen molar-refractivity contribution in [3.05, 3.63) is 58.8 Å². The molecule has 2 aromatic carbocycles. The van der Waals surface area contributed by atoms with Gasteiger partial charge in [0.15, 0.2) is 0 Å². The third-order valence-electron chi connectivity index (χ3n) is 4.95. The van der Waals surface area contributed by atoms with Gasteiger partial charge in [-0.1, -0.05) is 6.92 Å². The first kappa shape index (κ1) is 21.6. The second-order valence-corrected chi connectivity index (χ2v) is 8.91. The quantitative estimate of drug-likeness (QED) is 0.644. The predicted octanol–water partition coefficient (Wildman–Crippen LogP) is 2.20. The Morgan fingerprint density at radius 2 is 1.70 bits per heavy atom. The van der Waals surface area contributed by atoms with Crippen molar-refractivity contribution in [1.82, 2.24) is 9.13 Å². The zero-order valence-electron chi connectivity index (χ0n) is 17.1. The summed E-state index contributed by atoms with van der Waals surface area (Å²) in [5.41, 5.74) is 1.77. The number of fused-ring (bicyclic) bond motifs is 1. The van der Waals surface area contributed by atoms with E-state index in [0.717, 1.165) is 22.7 Å². The average Bonchev–Trinajstić information content (AvgIpc) is 2.90. The van der Waals surface area contributed by atoms with Crippen LogP contribution in [-0.2, 0) is 28.9 Å². The summed E-state index contributed by atoms with van der Waals surface area (Å²) in [6, 6.07) is 8.89. The first-order valence-corrected chi connectivity index (χ1v) is 11.1. The number of aromatic nitrogens is 2. The van der Waals surface area contributed by atoms with Crippen LogP contribution in [0.25, 0.3) is 11.0 Å². The van der Waals surface area contributed by atoms with Crippen molar-refractivity contribution in [3.63, 3.8) is 0 Å². The van der Waals surface area contributed by atoms with Crippen LogP contribution in [0.3, 0.4) is 0 Å². The number of aryl methyl sites for hydroxylation is 2. The lowest BCUT2D eigenvalue weighted by Crippen LogP contribution is -2.47. The van der Waals surface area contributed by atoms with E-state index in [1.54, 1.807) is 39.2 Å². The molecule has 0 saturated heterocycles. The van der Waals surface area contributed by atoms with Crippen LogP contribution in [0.4, 0.5) is 15.8 Å². The number of anilines is 2. The van der Waals surface area contributed by atoms with E-state index in [0.29, 0.717) is 16.7 Å². The molecule has 0 spiro atoms. The molecule has 1 N–H and O–H groups in total. The third kappa shape index (κ3) is 3.95. The van der Waals surface area contributed by atoms with Crippen LogP contribution >= 0.6 is 0 Å². The van der Waals surface area contributed by atoms with Crippen molar-refractivity contribution >= 4 is 38.3 Å². The molecule has 8 nitrogen and oxygen atoms in total. The first-order valence-electron chi connectivity index (χ1n) is 9.26. The van der Waals surface area contributed by atoms with Crippen LogP contribution in [0.5, 0.6) is 0 Å². The Hall–Kier alpha value is -3.14. The number of hydrogen-bond acceptors (Lipinski definition) is 4. The number of benzene rings is 2. The zero-order chi connectivity index (χ0) is 22.2. The molecule has 0 unspecified atom stereocenters. The summed E-state index contributed by atoms with van der Waals surface area (Å²) < 4.78 is 42.1.